The second-order valence-corrected chi connectivity index (χ2v) is 4.89. The van der Waals surface area contributed by atoms with Gasteiger partial charge in [0.15, 0.2) is 0 Å². The Morgan fingerprint density at radius 3 is 2.83 bits per heavy atom. The number of hydrogen-bond acceptors (Lipinski definition) is 4. The second kappa shape index (κ2) is 7.33. The van der Waals surface area contributed by atoms with Gasteiger partial charge in [0.05, 0.1) is 19.3 Å². The number of benzene rings is 1. The summed E-state index contributed by atoms with van der Waals surface area (Å²) in [7, 11) is 1.36. The topological polar surface area (TPSA) is 61.5 Å². The van der Waals surface area contributed by atoms with Crippen LogP contribution in [0.1, 0.15) is 18.4 Å². The maximum atomic E-state index is 10.9. The maximum absolute atomic E-state index is 10.9. The summed E-state index contributed by atoms with van der Waals surface area (Å²) in [5, 5.41) is 0. The van der Waals surface area contributed by atoms with Gasteiger partial charge in [0, 0.05) is 10.9 Å². The van der Waals surface area contributed by atoms with Crippen molar-refractivity contribution in [2.24, 2.45) is 5.73 Å². The highest BCUT2D eigenvalue weighted by Gasteiger charge is 2.07. The van der Waals surface area contributed by atoms with Gasteiger partial charge < -0.3 is 15.2 Å². The minimum Gasteiger partial charge on any atom is -0.493 e. The molecule has 6 heteroatoms. The van der Waals surface area contributed by atoms with Crippen LogP contribution in [0.15, 0.2) is 22.7 Å². The highest BCUT2D eigenvalue weighted by atomic mass is 79.9. The summed E-state index contributed by atoms with van der Waals surface area (Å²) >= 11 is 8.29. The third-order valence-corrected chi connectivity index (χ3v) is 2.93. The highest BCUT2D eigenvalue weighted by molar-refractivity contribution is 9.10. The fraction of sp³-hybridized carbons (Fsp3) is 0.333. The van der Waals surface area contributed by atoms with Crippen LogP contribution >= 0.6 is 28.1 Å². The average molecular weight is 332 g/mol. The van der Waals surface area contributed by atoms with Crippen molar-refractivity contribution in [3.05, 3.63) is 28.2 Å². The summed E-state index contributed by atoms with van der Waals surface area (Å²) < 4.78 is 11.0. The number of carbonyl (C=O) groups is 1. The van der Waals surface area contributed by atoms with E-state index < -0.39 is 0 Å². The van der Waals surface area contributed by atoms with Gasteiger partial charge in [-0.2, -0.15) is 0 Å². The molecule has 0 aromatic heterocycles. The molecule has 0 saturated carbocycles. The van der Waals surface area contributed by atoms with Gasteiger partial charge in [-0.1, -0.05) is 28.1 Å². The fourth-order valence-electron chi connectivity index (χ4n) is 1.32. The van der Waals surface area contributed by atoms with Gasteiger partial charge >= 0.3 is 5.97 Å². The normalized spacial score (nSPS) is 9.89. The summed E-state index contributed by atoms with van der Waals surface area (Å²) in [6.45, 7) is 0.409. The standard InChI is InChI=1S/C12H14BrNO3S/c1-16-11(15)3-2-6-17-10-5-4-8(13)7-9(10)12(14)18/h4-5,7H,2-3,6H2,1H3,(H2,14,18). The van der Waals surface area contributed by atoms with Crippen LogP contribution in [-0.2, 0) is 9.53 Å². The molecule has 0 aliphatic carbocycles. The monoisotopic (exact) mass is 331 g/mol. The molecule has 4 nitrogen and oxygen atoms in total. The van der Waals surface area contributed by atoms with Gasteiger partial charge in [-0.15, -0.1) is 0 Å². The van der Waals surface area contributed by atoms with Crippen molar-refractivity contribution in [3.63, 3.8) is 0 Å². The Bertz CT molecular complexity index is 451. The van der Waals surface area contributed by atoms with Crippen molar-refractivity contribution in [3.8, 4) is 5.75 Å². The molecule has 0 radical (unpaired) electrons. The number of esters is 1. The molecule has 0 saturated heterocycles. The average Bonchev–Trinajstić information content (AvgIpc) is 2.35. The lowest BCUT2D eigenvalue weighted by Gasteiger charge is -2.10. The van der Waals surface area contributed by atoms with Crippen molar-refractivity contribution in [2.75, 3.05) is 13.7 Å². The molecule has 2 N–H and O–H groups in total. The summed E-state index contributed by atoms with van der Waals surface area (Å²) in [6.07, 6.45) is 0.912. The lowest BCUT2D eigenvalue weighted by molar-refractivity contribution is -0.140. The molecule has 98 valence electrons. The molecule has 0 unspecified atom stereocenters. The molecule has 0 amide bonds. The Kier molecular flexibility index (Phi) is 6.07. The Labute approximate surface area is 120 Å². The Morgan fingerprint density at radius 1 is 1.50 bits per heavy atom. The lowest BCUT2D eigenvalue weighted by atomic mass is 10.2. The fourth-order valence-corrected chi connectivity index (χ4v) is 1.84. The summed E-state index contributed by atoms with van der Waals surface area (Å²) in [5.41, 5.74) is 6.29. The van der Waals surface area contributed by atoms with Gasteiger partial charge in [0.1, 0.15) is 10.7 Å². The quantitative estimate of drug-likeness (QED) is 0.492. The molecular formula is C12H14BrNO3S. The van der Waals surface area contributed by atoms with E-state index in [2.05, 4.69) is 20.7 Å². The largest absolute Gasteiger partial charge is 0.493 e. The van der Waals surface area contributed by atoms with E-state index >= 15 is 0 Å². The van der Waals surface area contributed by atoms with Gasteiger partial charge in [0.2, 0.25) is 0 Å². The van der Waals surface area contributed by atoms with Crippen molar-refractivity contribution in [1.29, 1.82) is 0 Å². The van der Waals surface area contributed by atoms with E-state index in [9.17, 15) is 4.79 Å². The lowest BCUT2D eigenvalue weighted by Crippen LogP contribution is -2.12. The Balaban J connectivity index is 2.56. The molecular weight excluding hydrogens is 318 g/mol. The number of thiocarbonyl (C=S) groups is 1. The van der Waals surface area contributed by atoms with Crippen molar-refractivity contribution < 1.29 is 14.3 Å². The van der Waals surface area contributed by atoms with Crippen LogP contribution in [-0.4, -0.2) is 24.7 Å². The van der Waals surface area contributed by atoms with E-state index in [1.807, 2.05) is 6.07 Å². The second-order valence-electron chi connectivity index (χ2n) is 3.53. The maximum Gasteiger partial charge on any atom is 0.305 e. The summed E-state index contributed by atoms with van der Waals surface area (Å²) in [4.78, 5) is 11.2. The van der Waals surface area contributed by atoms with Crippen LogP contribution in [0.25, 0.3) is 0 Å². The minimum absolute atomic E-state index is 0.246. The molecule has 1 aromatic carbocycles. The molecule has 0 fully saturated rings. The third kappa shape index (κ3) is 4.62. The highest BCUT2D eigenvalue weighted by Crippen LogP contribution is 2.23. The summed E-state index contributed by atoms with van der Waals surface area (Å²) in [6, 6.07) is 5.44. The smallest absolute Gasteiger partial charge is 0.305 e. The first-order valence-corrected chi connectivity index (χ1v) is 6.53. The molecule has 0 heterocycles. The molecule has 0 aliphatic rings. The van der Waals surface area contributed by atoms with Crippen LogP contribution in [0.3, 0.4) is 0 Å². The first kappa shape index (κ1) is 14.9. The number of halogens is 1. The minimum atomic E-state index is -0.246. The van der Waals surface area contributed by atoms with Gasteiger partial charge in [0.25, 0.3) is 0 Å². The first-order valence-electron chi connectivity index (χ1n) is 5.33. The summed E-state index contributed by atoms with van der Waals surface area (Å²) in [5.74, 6) is 0.375. The van der Waals surface area contributed by atoms with Crippen LogP contribution in [0.2, 0.25) is 0 Å². The zero-order valence-corrected chi connectivity index (χ0v) is 12.3. The van der Waals surface area contributed by atoms with E-state index in [1.54, 1.807) is 12.1 Å². The van der Waals surface area contributed by atoms with Gasteiger partial charge in [-0.3, -0.25) is 4.79 Å². The van der Waals surface area contributed by atoms with Crippen LogP contribution in [0.4, 0.5) is 0 Å². The van der Waals surface area contributed by atoms with Crippen LogP contribution in [0, 0.1) is 0 Å². The van der Waals surface area contributed by atoms with E-state index in [0.29, 0.717) is 30.8 Å². The number of ether oxygens (including phenoxy) is 2. The molecule has 0 bridgehead atoms. The first-order chi connectivity index (χ1) is 8.54. The van der Waals surface area contributed by atoms with Crippen molar-refractivity contribution in [1.82, 2.24) is 0 Å². The predicted molar refractivity (Wildman–Crippen MR) is 76.8 cm³/mol. The van der Waals surface area contributed by atoms with E-state index in [0.717, 1.165) is 4.47 Å². The third-order valence-electron chi connectivity index (χ3n) is 2.22. The van der Waals surface area contributed by atoms with Crippen LogP contribution < -0.4 is 10.5 Å². The number of carbonyl (C=O) groups excluding carboxylic acids is 1. The van der Waals surface area contributed by atoms with Crippen LogP contribution in [0.5, 0.6) is 5.75 Å². The van der Waals surface area contributed by atoms with Crippen molar-refractivity contribution in [2.45, 2.75) is 12.8 Å². The number of nitrogens with two attached hydrogens (primary N) is 1. The number of hydrogen-bond donors (Lipinski definition) is 1. The predicted octanol–water partition coefficient (Wildman–Crippen LogP) is 2.42. The van der Waals surface area contributed by atoms with E-state index in [1.165, 1.54) is 7.11 Å². The van der Waals surface area contributed by atoms with Gasteiger partial charge in [-0.05, 0) is 24.6 Å². The molecule has 0 atom stereocenters. The zero-order chi connectivity index (χ0) is 13.5. The molecule has 1 aromatic rings. The van der Waals surface area contributed by atoms with E-state index in [-0.39, 0.29) is 11.0 Å². The van der Waals surface area contributed by atoms with Gasteiger partial charge in [-0.25, -0.2) is 0 Å². The SMILES string of the molecule is COC(=O)CCCOc1ccc(Br)cc1C(N)=S. The number of methoxy groups -OCH3 is 1. The zero-order valence-electron chi connectivity index (χ0n) is 9.94. The Hall–Kier alpha value is -1.14. The Morgan fingerprint density at radius 2 is 2.22 bits per heavy atom. The molecule has 1 rings (SSSR count). The molecule has 0 aliphatic heterocycles. The van der Waals surface area contributed by atoms with Crippen molar-refractivity contribution >= 4 is 39.1 Å². The number of rotatable bonds is 6. The molecule has 0 spiro atoms. The van der Waals surface area contributed by atoms with E-state index in [4.69, 9.17) is 22.7 Å². The molecule has 18 heavy (non-hydrogen) atoms.